The Labute approximate surface area is 112 Å². The summed E-state index contributed by atoms with van der Waals surface area (Å²) < 4.78 is 0. The molecule has 0 radical (unpaired) electrons. The van der Waals surface area contributed by atoms with E-state index in [1.165, 1.54) is 5.56 Å². The number of hydrogen-bond acceptors (Lipinski definition) is 2. The van der Waals surface area contributed by atoms with Gasteiger partial charge in [-0.3, -0.25) is 4.79 Å². The number of likely N-dealkylation sites (tertiary alicyclic amines) is 1. The van der Waals surface area contributed by atoms with Crippen LogP contribution in [0.15, 0.2) is 24.3 Å². The Morgan fingerprint density at radius 2 is 2.39 bits per heavy atom. The minimum absolute atomic E-state index is 0.198. The zero-order valence-electron chi connectivity index (χ0n) is 10.5. The predicted octanol–water partition coefficient (Wildman–Crippen LogP) is 2.85. The second kappa shape index (κ2) is 5.72. The van der Waals surface area contributed by atoms with Crippen molar-refractivity contribution in [1.29, 1.82) is 0 Å². The van der Waals surface area contributed by atoms with Gasteiger partial charge in [-0.1, -0.05) is 30.7 Å². The van der Waals surface area contributed by atoms with Gasteiger partial charge in [0.05, 0.1) is 5.92 Å². The first kappa shape index (κ1) is 13.4. The van der Waals surface area contributed by atoms with Crippen molar-refractivity contribution in [3.05, 3.63) is 34.9 Å². The van der Waals surface area contributed by atoms with E-state index in [2.05, 4.69) is 17.9 Å². The van der Waals surface area contributed by atoms with Crippen LogP contribution in [-0.4, -0.2) is 35.6 Å². The number of rotatable bonds is 4. The first-order valence-corrected chi connectivity index (χ1v) is 6.64. The van der Waals surface area contributed by atoms with Gasteiger partial charge in [-0.2, -0.15) is 0 Å². The molecule has 1 N–H and O–H groups in total. The number of carboxylic acid groups (broad SMARTS) is 1. The fourth-order valence-corrected chi connectivity index (χ4v) is 2.70. The molecule has 18 heavy (non-hydrogen) atoms. The van der Waals surface area contributed by atoms with E-state index in [1.54, 1.807) is 0 Å². The summed E-state index contributed by atoms with van der Waals surface area (Å²) in [5, 5.41) is 9.73. The lowest BCUT2D eigenvalue weighted by atomic mass is 10.0. The van der Waals surface area contributed by atoms with E-state index in [0.717, 1.165) is 24.5 Å². The quantitative estimate of drug-likeness (QED) is 0.912. The van der Waals surface area contributed by atoms with Gasteiger partial charge in [-0.05, 0) is 36.6 Å². The van der Waals surface area contributed by atoms with E-state index < -0.39 is 5.97 Å². The van der Waals surface area contributed by atoms with Crippen LogP contribution in [0.5, 0.6) is 0 Å². The number of benzene rings is 1. The van der Waals surface area contributed by atoms with E-state index in [1.807, 2.05) is 18.2 Å². The summed E-state index contributed by atoms with van der Waals surface area (Å²) in [6.07, 6.45) is 0.762. The monoisotopic (exact) mass is 267 g/mol. The van der Waals surface area contributed by atoms with Crippen LogP contribution >= 0.6 is 11.6 Å². The van der Waals surface area contributed by atoms with Crippen molar-refractivity contribution in [2.75, 3.05) is 19.6 Å². The molecule has 1 aromatic rings. The molecule has 2 unspecified atom stereocenters. The number of carbonyl (C=O) groups is 1. The van der Waals surface area contributed by atoms with Crippen LogP contribution in [-0.2, 0) is 4.79 Å². The molecule has 1 heterocycles. The highest BCUT2D eigenvalue weighted by atomic mass is 35.5. The van der Waals surface area contributed by atoms with Gasteiger partial charge in [0.15, 0.2) is 0 Å². The maximum Gasteiger partial charge on any atom is 0.307 e. The molecule has 0 saturated carbocycles. The average Bonchev–Trinajstić information content (AvgIpc) is 2.77. The van der Waals surface area contributed by atoms with Crippen LogP contribution in [0.25, 0.3) is 0 Å². The van der Waals surface area contributed by atoms with Gasteiger partial charge in [0.1, 0.15) is 0 Å². The van der Waals surface area contributed by atoms with Gasteiger partial charge >= 0.3 is 5.97 Å². The number of aliphatic carboxylic acids is 1. The number of hydrogen-bond donors (Lipinski definition) is 1. The minimum atomic E-state index is -0.673. The molecular weight excluding hydrogens is 250 g/mol. The van der Waals surface area contributed by atoms with Crippen molar-refractivity contribution in [2.45, 2.75) is 19.3 Å². The molecule has 0 aromatic heterocycles. The molecule has 0 bridgehead atoms. The number of nitrogens with zero attached hydrogens (tertiary/aromatic N) is 1. The van der Waals surface area contributed by atoms with Crippen LogP contribution in [0.2, 0.25) is 5.02 Å². The molecule has 98 valence electrons. The largest absolute Gasteiger partial charge is 0.481 e. The van der Waals surface area contributed by atoms with Crippen LogP contribution in [0.4, 0.5) is 0 Å². The lowest BCUT2D eigenvalue weighted by Gasteiger charge is -2.21. The molecule has 1 aliphatic rings. The van der Waals surface area contributed by atoms with Gasteiger partial charge in [0.25, 0.3) is 0 Å². The Morgan fingerprint density at radius 3 is 3.00 bits per heavy atom. The number of carboxylic acids is 1. The van der Waals surface area contributed by atoms with E-state index >= 15 is 0 Å². The third kappa shape index (κ3) is 3.24. The maximum absolute atomic E-state index is 10.9. The fraction of sp³-hybridized carbons (Fsp3) is 0.500. The molecule has 1 fully saturated rings. The van der Waals surface area contributed by atoms with E-state index in [9.17, 15) is 4.79 Å². The van der Waals surface area contributed by atoms with E-state index in [0.29, 0.717) is 12.5 Å². The molecule has 3 nitrogen and oxygen atoms in total. The van der Waals surface area contributed by atoms with Gasteiger partial charge in [0, 0.05) is 18.1 Å². The lowest BCUT2D eigenvalue weighted by molar-refractivity contribution is -0.141. The Bertz CT molecular complexity index is 436. The Morgan fingerprint density at radius 1 is 1.61 bits per heavy atom. The highest BCUT2D eigenvalue weighted by molar-refractivity contribution is 6.30. The first-order chi connectivity index (χ1) is 8.56. The summed E-state index contributed by atoms with van der Waals surface area (Å²) in [6.45, 7) is 4.59. The van der Waals surface area contributed by atoms with E-state index in [4.69, 9.17) is 16.7 Å². The molecule has 1 aromatic carbocycles. The molecule has 2 rings (SSSR count). The molecule has 0 amide bonds. The van der Waals surface area contributed by atoms with Crippen molar-refractivity contribution in [3.8, 4) is 0 Å². The van der Waals surface area contributed by atoms with Gasteiger partial charge in [-0.15, -0.1) is 0 Å². The van der Waals surface area contributed by atoms with Crippen LogP contribution in [0, 0.1) is 5.92 Å². The summed E-state index contributed by atoms with van der Waals surface area (Å²) >= 11 is 5.98. The standard InChI is InChI=1S/C14H18ClNO2/c1-10(11-3-2-4-13(15)7-11)8-16-6-5-12(9-16)14(17)18/h2-4,7,10,12H,5-6,8-9H2,1H3,(H,17,18). The molecule has 0 aliphatic carbocycles. The molecule has 2 atom stereocenters. The van der Waals surface area contributed by atoms with Crippen molar-refractivity contribution in [1.82, 2.24) is 4.90 Å². The van der Waals surface area contributed by atoms with Gasteiger partial charge in [0.2, 0.25) is 0 Å². The first-order valence-electron chi connectivity index (χ1n) is 6.27. The zero-order valence-corrected chi connectivity index (χ0v) is 11.2. The second-order valence-corrected chi connectivity index (χ2v) is 5.48. The fourth-order valence-electron chi connectivity index (χ4n) is 2.51. The SMILES string of the molecule is CC(CN1CCC(C(=O)O)C1)c1cccc(Cl)c1. The zero-order chi connectivity index (χ0) is 13.1. The third-order valence-corrected chi connectivity index (χ3v) is 3.81. The Hall–Kier alpha value is -1.06. The van der Waals surface area contributed by atoms with Crippen LogP contribution < -0.4 is 0 Å². The second-order valence-electron chi connectivity index (χ2n) is 5.04. The average molecular weight is 268 g/mol. The van der Waals surface area contributed by atoms with Gasteiger partial charge in [-0.25, -0.2) is 0 Å². The van der Waals surface area contributed by atoms with E-state index in [-0.39, 0.29) is 5.92 Å². The highest BCUT2D eigenvalue weighted by Crippen LogP contribution is 2.23. The smallest absolute Gasteiger partial charge is 0.307 e. The number of halogens is 1. The molecule has 0 spiro atoms. The molecular formula is C14H18ClNO2. The van der Waals surface area contributed by atoms with Crippen molar-refractivity contribution >= 4 is 17.6 Å². The lowest BCUT2D eigenvalue weighted by Crippen LogP contribution is -2.27. The van der Waals surface area contributed by atoms with Crippen LogP contribution in [0.3, 0.4) is 0 Å². The topological polar surface area (TPSA) is 40.5 Å². The van der Waals surface area contributed by atoms with Crippen molar-refractivity contribution < 1.29 is 9.90 Å². The van der Waals surface area contributed by atoms with Crippen molar-refractivity contribution in [2.24, 2.45) is 5.92 Å². The van der Waals surface area contributed by atoms with Gasteiger partial charge < -0.3 is 10.0 Å². The third-order valence-electron chi connectivity index (χ3n) is 3.57. The normalized spacial score (nSPS) is 22.0. The maximum atomic E-state index is 10.9. The minimum Gasteiger partial charge on any atom is -0.481 e. The Kier molecular flexibility index (Phi) is 4.25. The molecule has 4 heteroatoms. The molecule has 1 aliphatic heterocycles. The van der Waals surface area contributed by atoms with Crippen LogP contribution in [0.1, 0.15) is 24.8 Å². The van der Waals surface area contributed by atoms with Crippen molar-refractivity contribution in [3.63, 3.8) is 0 Å². The summed E-state index contributed by atoms with van der Waals surface area (Å²) in [5.74, 6) is -0.499. The molecule has 1 saturated heterocycles. The summed E-state index contributed by atoms with van der Waals surface area (Å²) in [4.78, 5) is 13.1. The summed E-state index contributed by atoms with van der Waals surface area (Å²) in [7, 11) is 0. The highest BCUT2D eigenvalue weighted by Gasteiger charge is 2.28. The Balaban J connectivity index is 1.92. The summed E-state index contributed by atoms with van der Waals surface area (Å²) in [6, 6.07) is 7.88. The predicted molar refractivity (Wildman–Crippen MR) is 72.0 cm³/mol. The summed E-state index contributed by atoms with van der Waals surface area (Å²) in [5.41, 5.74) is 1.21.